The first-order valence-corrected chi connectivity index (χ1v) is 6.86. The molecule has 4 nitrogen and oxygen atoms in total. The molecule has 0 radical (unpaired) electrons. The molecule has 1 aromatic rings. The van der Waals surface area contributed by atoms with Crippen molar-refractivity contribution < 1.29 is 14.6 Å². The molecule has 0 amide bonds. The highest BCUT2D eigenvalue weighted by Crippen LogP contribution is 2.29. The molecule has 4 heteroatoms. The van der Waals surface area contributed by atoms with E-state index in [1.807, 2.05) is 0 Å². The number of rotatable bonds is 7. The lowest BCUT2D eigenvalue weighted by Gasteiger charge is -2.32. The second-order valence-corrected chi connectivity index (χ2v) is 5.12. The van der Waals surface area contributed by atoms with Gasteiger partial charge in [-0.15, -0.1) is 0 Å². The number of carboxylic acid groups (broad SMARTS) is 1. The van der Waals surface area contributed by atoms with Crippen LogP contribution < -0.4 is 10.1 Å². The zero-order valence-electron chi connectivity index (χ0n) is 11.3. The number of hydrogen-bond donors (Lipinski definition) is 2. The quantitative estimate of drug-likeness (QED) is 0.742. The molecule has 0 bridgehead atoms. The van der Waals surface area contributed by atoms with Crippen LogP contribution in [0.2, 0.25) is 0 Å². The fourth-order valence-electron chi connectivity index (χ4n) is 2.28. The maximum Gasteiger partial charge on any atom is 0.335 e. The summed E-state index contributed by atoms with van der Waals surface area (Å²) >= 11 is 0. The Morgan fingerprint density at radius 1 is 1.53 bits per heavy atom. The number of hydrogen-bond acceptors (Lipinski definition) is 3. The van der Waals surface area contributed by atoms with Crippen LogP contribution >= 0.6 is 0 Å². The van der Waals surface area contributed by atoms with E-state index in [2.05, 4.69) is 12.2 Å². The highest BCUT2D eigenvalue weighted by molar-refractivity contribution is 5.87. The number of benzene rings is 1. The second kappa shape index (κ2) is 6.57. The zero-order valence-corrected chi connectivity index (χ0v) is 11.3. The van der Waals surface area contributed by atoms with Crippen LogP contribution in [-0.2, 0) is 0 Å². The van der Waals surface area contributed by atoms with Gasteiger partial charge in [0.05, 0.1) is 5.56 Å². The van der Waals surface area contributed by atoms with Crippen molar-refractivity contribution in [2.75, 3.05) is 13.2 Å². The maximum atomic E-state index is 10.8. The Hall–Kier alpha value is -1.55. The van der Waals surface area contributed by atoms with Crippen molar-refractivity contribution in [2.45, 2.75) is 32.2 Å². The monoisotopic (exact) mass is 263 g/mol. The van der Waals surface area contributed by atoms with Crippen LogP contribution in [-0.4, -0.2) is 30.3 Å². The fourth-order valence-corrected chi connectivity index (χ4v) is 2.28. The van der Waals surface area contributed by atoms with Gasteiger partial charge in [0.2, 0.25) is 0 Å². The molecule has 0 spiro atoms. The van der Waals surface area contributed by atoms with Gasteiger partial charge < -0.3 is 15.2 Å². The number of aromatic carboxylic acids is 1. The first kappa shape index (κ1) is 13.9. The summed E-state index contributed by atoms with van der Waals surface area (Å²) in [6.45, 7) is 3.56. The molecule has 19 heavy (non-hydrogen) atoms. The molecular formula is C15H21NO3. The van der Waals surface area contributed by atoms with Gasteiger partial charge in [-0.3, -0.25) is 0 Å². The van der Waals surface area contributed by atoms with E-state index >= 15 is 0 Å². The Bertz CT molecular complexity index is 429. The molecule has 0 aliphatic heterocycles. The largest absolute Gasteiger partial charge is 0.492 e. The normalized spacial score (nSPS) is 16.7. The van der Waals surface area contributed by atoms with E-state index in [1.54, 1.807) is 24.3 Å². The average Bonchev–Trinajstić information content (AvgIpc) is 2.33. The summed E-state index contributed by atoms with van der Waals surface area (Å²) in [5.41, 5.74) is 0.258. The maximum absolute atomic E-state index is 10.8. The van der Waals surface area contributed by atoms with Crippen LogP contribution in [0.3, 0.4) is 0 Å². The second-order valence-electron chi connectivity index (χ2n) is 5.12. The lowest BCUT2D eigenvalue weighted by molar-refractivity contribution is 0.0696. The van der Waals surface area contributed by atoms with Crippen molar-refractivity contribution in [3.05, 3.63) is 29.8 Å². The van der Waals surface area contributed by atoms with Crippen LogP contribution in [0.25, 0.3) is 0 Å². The van der Waals surface area contributed by atoms with E-state index in [0.717, 1.165) is 12.5 Å². The van der Waals surface area contributed by atoms with Gasteiger partial charge in [-0.25, -0.2) is 4.79 Å². The van der Waals surface area contributed by atoms with Crippen molar-refractivity contribution in [1.82, 2.24) is 5.32 Å². The fraction of sp³-hybridized carbons (Fsp3) is 0.533. The smallest absolute Gasteiger partial charge is 0.335 e. The molecule has 0 saturated heterocycles. The van der Waals surface area contributed by atoms with Gasteiger partial charge in [-0.05, 0) is 43.9 Å². The molecule has 1 aliphatic carbocycles. The van der Waals surface area contributed by atoms with E-state index in [0.29, 0.717) is 18.4 Å². The topological polar surface area (TPSA) is 58.6 Å². The molecule has 1 fully saturated rings. The summed E-state index contributed by atoms with van der Waals surface area (Å²) in [5.74, 6) is 0.496. The van der Waals surface area contributed by atoms with Crippen LogP contribution in [0.1, 0.15) is 36.5 Å². The van der Waals surface area contributed by atoms with Crippen molar-refractivity contribution >= 4 is 5.97 Å². The molecule has 1 aromatic carbocycles. The highest BCUT2D eigenvalue weighted by atomic mass is 16.5. The van der Waals surface area contributed by atoms with Crippen molar-refractivity contribution in [3.63, 3.8) is 0 Å². The van der Waals surface area contributed by atoms with Crippen LogP contribution in [0.5, 0.6) is 5.75 Å². The van der Waals surface area contributed by atoms with E-state index < -0.39 is 5.97 Å². The highest BCUT2D eigenvalue weighted by Gasteiger charge is 2.22. The number of nitrogens with one attached hydrogen (secondary N) is 1. The molecule has 2 N–H and O–H groups in total. The molecule has 2 rings (SSSR count). The van der Waals surface area contributed by atoms with Crippen LogP contribution in [0.15, 0.2) is 24.3 Å². The SMILES string of the molecule is CC(NCCOc1cccc(C(=O)O)c1)C1CCC1. The van der Waals surface area contributed by atoms with E-state index in [1.165, 1.54) is 19.3 Å². The third-order valence-corrected chi connectivity index (χ3v) is 3.78. The Morgan fingerprint density at radius 2 is 2.32 bits per heavy atom. The van der Waals surface area contributed by atoms with Crippen molar-refractivity contribution in [3.8, 4) is 5.75 Å². The van der Waals surface area contributed by atoms with Gasteiger partial charge in [0.1, 0.15) is 12.4 Å². The Labute approximate surface area is 113 Å². The predicted octanol–water partition coefficient (Wildman–Crippen LogP) is 2.54. The summed E-state index contributed by atoms with van der Waals surface area (Å²) in [7, 11) is 0. The number of ether oxygens (including phenoxy) is 1. The predicted molar refractivity (Wildman–Crippen MR) is 73.7 cm³/mol. The zero-order chi connectivity index (χ0) is 13.7. The minimum absolute atomic E-state index is 0.258. The molecule has 1 atom stereocenters. The van der Waals surface area contributed by atoms with Gasteiger partial charge in [0.15, 0.2) is 0 Å². The third-order valence-electron chi connectivity index (χ3n) is 3.78. The molecule has 104 valence electrons. The molecule has 1 saturated carbocycles. The molecule has 0 heterocycles. The number of carboxylic acids is 1. The van der Waals surface area contributed by atoms with E-state index in [4.69, 9.17) is 9.84 Å². The van der Waals surface area contributed by atoms with Gasteiger partial charge >= 0.3 is 5.97 Å². The lowest BCUT2D eigenvalue weighted by atomic mass is 9.80. The van der Waals surface area contributed by atoms with Gasteiger partial charge in [-0.2, -0.15) is 0 Å². The van der Waals surface area contributed by atoms with Crippen molar-refractivity contribution in [2.24, 2.45) is 5.92 Å². The van der Waals surface area contributed by atoms with E-state index in [-0.39, 0.29) is 5.56 Å². The van der Waals surface area contributed by atoms with Gasteiger partial charge in [0, 0.05) is 12.6 Å². The summed E-state index contributed by atoms with van der Waals surface area (Å²) in [4.78, 5) is 10.8. The lowest BCUT2D eigenvalue weighted by Crippen LogP contribution is -2.39. The summed E-state index contributed by atoms with van der Waals surface area (Å²) in [6.07, 6.45) is 4.01. The summed E-state index contributed by atoms with van der Waals surface area (Å²) < 4.78 is 5.55. The standard InChI is InChI=1S/C15H21NO3/c1-11(12-4-2-5-12)16-8-9-19-14-7-3-6-13(10-14)15(17)18/h3,6-7,10-12,16H,2,4-5,8-9H2,1H3,(H,17,18). The van der Waals surface area contributed by atoms with Crippen LogP contribution in [0.4, 0.5) is 0 Å². The summed E-state index contributed by atoms with van der Waals surface area (Å²) in [5, 5.41) is 12.3. The van der Waals surface area contributed by atoms with Crippen molar-refractivity contribution in [1.29, 1.82) is 0 Å². The number of carbonyl (C=O) groups is 1. The average molecular weight is 263 g/mol. The minimum atomic E-state index is -0.929. The molecule has 0 aromatic heterocycles. The van der Waals surface area contributed by atoms with Crippen LogP contribution in [0, 0.1) is 5.92 Å². The first-order valence-electron chi connectivity index (χ1n) is 6.86. The Balaban J connectivity index is 1.70. The molecular weight excluding hydrogens is 242 g/mol. The van der Waals surface area contributed by atoms with Gasteiger partial charge in [-0.1, -0.05) is 12.5 Å². The van der Waals surface area contributed by atoms with E-state index in [9.17, 15) is 4.79 Å². The Morgan fingerprint density at radius 3 is 2.95 bits per heavy atom. The molecule has 1 aliphatic rings. The first-order chi connectivity index (χ1) is 9.16. The third kappa shape index (κ3) is 3.96. The molecule has 1 unspecified atom stereocenters. The van der Waals surface area contributed by atoms with Gasteiger partial charge in [0.25, 0.3) is 0 Å². The summed E-state index contributed by atoms with van der Waals surface area (Å²) in [6, 6.07) is 7.14. The Kier molecular flexibility index (Phi) is 4.80. The minimum Gasteiger partial charge on any atom is -0.492 e.